The number of benzene rings is 4. The molecule has 1 aromatic heterocycles. The second-order valence-electron chi connectivity index (χ2n) is 6.85. The van der Waals surface area contributed by atoms with E-state index in [1.807, 2.05) is 66.9 Å². The molecule has 0 aliphatic rings. The fourth-order valence-electron chi connectivity index (χ4n) is 4.07. The Balaban J connectivity index is 1.92. The van der Waals surface area contributed by atoms with E-state index in [0.29, 0.717) is 0 Å². The van der Waals surface area contributed by atoms with Crippen molar-refractivity contribution in [1.82, 2.24) is 4.98 Å². The molecule has 0 aliphatic heterocycles. The Morgan fingerprint density at radius 1 is 0.556 bits per heavy atom. The molecule has 1 heterocycles. The number of fused-ring (bicyclic) bond motifs is 2. The summed E-state index contributed by atoms with van der Waals surface area (Å²) in [4.78, 5) is 3.25. The van der Waals surface area contributed by atoms with Crippen molar-refractivity contribution in [3.63, 3.8) is 0 Å². The fourth-order valence-corrected chi connectivity index (χ4v) is 4.07. The van der Waals surface area contributed by atoms with E-state index in [2.05, 4.69) is 41.4 Å². The van der Waals surface area contributed by atoms with Gasteiger partial charge in [0.15, 0.2) is 5.60 Å². The molecule has 0 radical (unpaired) electrons. The van der Waals surface area contributed by atoms with Gasteiger partial charge in [-0.25, -0.2) is 0 Å². The zero-order valence-corrected chi connectivity index (χ0v) is 14.8. The van der Waals surface area contributed by atoms with Gasteiger partial charge in [-0.05, 0) is 33.7 Å². The van der Waals surface area contributed by atoms with Crippen molar-refractivity contribution in [2.24, 2.45) is 0 Å². The number of hydrogen-bond donors (Lipinski definition) is 2. The summed E-state index contributed by atoms with van der Waals surface area (Å²) in [6, 6.07) is 32.5. The zero-order chi connectivity index (χ0) is 18.3. The van der Waals surface area contributed by atoms with Gasteiger partial charge in [-0.2, -0.15) is 0 Å². The number of hydrogen-bond acceptors (Lipinski definition) is 1. The van der Waals surface area contributed by atoms with E-state index in [0.717, 1.165) is 38.4 Å². The maximum atomic E-state index is 12.3. The minimum absolute atomic E-state index is 0.759. The second-order valence-corrected chi connectivity index (χ2v) is 6.85. The maximum Gasteiger partial charge on any atom is 0.156 e. The molecule has 130 valence electrons. The predicted octanol–water partition coefficient (Wildman–Crippen LogP) is 5.61. The number of aromatic nitrogens is 1. The van der Waals surface area contributed by atoms with Crippen LogP contribution in [-0.2, 0) is 5.60 Å². The first-order valence-corrected chi connectivity index (χ1v) is 9.11. The van der Waals surface area contributed by atoms with Crippen LogP contribution in [0.5, 0.6) is 0 Å². The highest BCUT2D eigenvalue weighted by Gasteiger charge is 2.37. The Morgan fingerprint density at radius 2 is 1.07 bits per heavy atom. The van der Waals surface area contributed by atoms with E-state index in [9.17, 15) is 5.11 Å². The van der Waals surface area contributed by atoms with E-state index >= 15 is 0 Å². The molecule has 0 saturated heterocycles. The molecule has 5 rings (SSSR count). The summed E-state index contributed by atoms with van der Waals surface area (Å²) < 4.78 is 0. The Hall–Kier alpha value is -3.36. The van der Waals surface area contributed by atoms with E-state index in [1.54, 1.807) is 0 Å². The maximum absolute atomic E-state index is 12.3. The van der Waals surface area contributed by atoms with Gasteiger partial charge in [0.2, 0.25) is 0 Å². The van der Waals surface area contributed by atoms with Crippen molar-refractivity contribution >= 4 is 21.5 Å². The van der Waals surface area contributed by atoms with E-state index in [-0.39, 0.29) is 0 Å². The molecule has 0 saturated carbocycles. The van der Waals surface area contributed by atoms with Crippen LogP contribution in [0.15, 0.2) is 103 Å². The summed E-state index contributed by atoms with van der Waals surface area (Å²) in [5, 5.41) is 16.6. The second kappa shape index (κ2) is 6.11. The highest BCUT2D eigenvalue weighted by molar-refractivity contribution is 5.91. The Morgan fingerprint density at radius 3 is 1.59 bits per heavy atom. The molecule has 4 aromatic carbocycles. The van der Waals surface area contributed by atoms with Crippen molar-refractivity contribution in [1.29, 1.82) is 0 Å². The lowest BCUT2D eigenvalue weighted by Gasteiger charge is -2.31. The van der Waals surface area contributed by atoms with Gasteiger partial charge < -0.3 is 10.1 Å². The normalized spacial score (nSPS) is 11.9. The standard InChI is InChI=1S/C25H19NO/c27-25(24-16-7-17-26-24,22-14-5-10-18-8-1-3-12-20(18)22)23-15-6-11-19-9-2-4-13-21(19)23/h1-17,26-27H. The summed E-state index contributed by atoms with van der Waals surface area (Å²) in [5.41, 5.74) is 1.22. The summed E-state index contributed by atoms with van der Waals surface area (Å²) in [6.07, 6.45) is 1.86. The molecular formula is C25H19NO. The topological polar surface area (TPSA) is 36.0 Å². The van der Waals surface area contributed by atoms with E-state index < -0.39 is 5.60 Å². The van der Waals surface area contributed by atoms with Crippen LogP contribution in [0.2, 0.25) is 0 Å². The monoisotopic (exact) mass is 349 g/mol. The van der Waals surface area contributed by atoms with Gasteiger partial charge in [0, 0.05) is 17.3 Å². The summed E-state index contributed by atoms with van der Waals surface area (Å²) in [5.74, 6) is 0. The minimum Gasteiger partial charge on any atom is -0.374 e. The number of H-pyrrole nitrogens is 1. The lowest BCUT2D eigenvalue weighted by Crippen LogP contribution is -2.30. The Labute approximate surface area is 157 Å². The zero-order valence-electron chi connectivity index (χ0n) is 14.8. The lowest BCUT2D eigenvalue weighted by molar-refractivity contribution is 0.124. The molecule has 2 N–H and O–H groups in total. The van der Waals surface area contributed by atoms with Crippen LogP contribution in [0.25, 0.3) is 21.5 Å². The van der Waals surface area contributed by atoms with E-state index in [1.165, 1.54) is 0 Å². The molecular weight excluding hydrogens is 330 g/mol. The van der Waals surface area contributed by atoms with Crippen molar-refractivity contribution in [3.05, 3.63) is 120 Å². The van der Waals surface area contributed by atoms with Crippen LogP contribution in [0, 0.1) is 0 Å². The highest BCUT2D eigenvalue weighted by atomic mass is 16.3. The summed E-state index contributed by atoms with van der Waals surface area (Å²) >= 11 is 0. The highest BCUT2D eigenvalue weighted by Crippen LogP contribution is 2.42. The van der Waals surface area contributed by atoms with Gasteiger partial charge >= 0.3 is 0 Å². The molecule has 5 aromatic rings. The molecule has 2 nitrogen and oxygen atoms in total. The number of nitrogens with one attached hydrogen (secondary N) is 1. The fraction of sp³-hybridized carbons (Fsp3) is 0.0400. The molecule has 0 unspecified atom stereocenters. The molecule has 0 amide bonds. The molecule has 2 heteroatoms. The number of aliphatic hydroxyl groups is 1. The van der Waals surface area contributed by atoms with Gasteiger partial charge in [0.25, 0.3) is 0 Å². The van der Waals surface area contributed by atoms with Crippen LogP contribution >= 0.6 is 0 Å². The van der Waals surface area contributed by atoms with Crippen molar-refractivity contribution < 1.29 is 5.11 Å². The Kier molecular flexibility index (Phi) is 3.59. The number of rotatable bonds is 3. The molecule has 0 bridgehead atoms. The van der Waals surface area contributed by atoms with Gasteiger partial charge in [0.05, 0.1) is 5.69 Å². The largest absolute Gasteiger partial charge is 0.374 e. The molecule has 27 heavy (non-hydrogen) atoms. The van der Waals surface area contributed by atoms with Gasteiger partial charge in [-0.15, -0.1) is 0 Å². The minimum atomic E-state index is -1.29. The molecule has 0 fully saturated rings. The molecule has 0 aliphatic carbocycles. The van der Waals surface area contributed by atoms with Crippen LogP contribution in [0.1, 0.15) is 16.8 Å². The summed E-state index contributed by atoms with van der Waals surface area (Å²) in [6.45, 7) is 0. The average Bonchev–Trinajstić information content (AvgIpc) is 3.28. The van der Waals surface area contributed by atoms with Gasteiger partial charge in [0.1, 0.15) is 0 Å². The van der Waals surface area contributed by atoms with Crippen LogP contribution < -0.4 is 0 Å². The third-order valence-electron chi connectivity index (χ3n) is 5.35. The van der Waals surface area contributed by atoms with Crippen molar-refractivity contribution in [3.8, 4) is 0 Å². The van der Waals surface area contributed by atoms with Gasteiger partial charge in [-0.1, -0.05) is 84.9 Å². The van der Waals surface area contributed by atoms with Crippen molar-refractivity contribution in [2.45, 2.75) is 5.60 Å². The first kappa shape index (κ1) is 15.9. The third-order valence-corrected chi connectivity index (χ3v) is 5.35. The molecule has 0 atom stereocenters. The van der Waals surface area contributed by atoms with Crippen LogP contribution in [0.3, 0.4) is 0 Å². The molecule has 0 spiro atoms. The average molecular weight is 349 g/mol. The van der Waals surface area contributed by atoms with Gasteiger partial charge in [-0.3, -0.25) is 0 Å². The quantitative estimate of drug-likeness (QED) is 0.437. The first-order chi connectivity index (χ1) is 13.3. The SMILES string of the molecule is OC(c1ccc[nH]1)(c1cccc2ccccc12)c1cccc2ccccc12. The number of aromatic amines is 1. The lowest BCUT2D eigenvalue weighted by atomic mass is 9.79. The smallest absolute Gasteiger partial charge is 0.156 e. The van der Waals surface area contributed by atoms with Crippen LogP contribution in [-0.4, -0.2) is 10.1 Å². The summed E-state index contributed by atoms with van der Waals surface area (Å²) in [7, 11) is 0. The Bertz CT molecular complexity index is 1150. The third kappa shape index (κ3) is 2.38. The first-order valence-electron chi connectivity index (χ1n) is 9.11. The predicted molar refractivity (Wildman–Crippen MR) is 111 cm³/mol. The van der Waals surface area contributed by atoms with Crippen molar-refractivity contribution in [2.75, 3.05) is 0 Å². The van der Waals surface area contributed by atoms with Crippen LogP contribution in [0.4, 0.5) is 0 Å². The van der Waals surface area contributed by atoms with E-state index in [4.69, 9.17) is 0 Å².